The van der Waals surface area contributed by atoms with Crippen molar-refractivity contribution in [1.82, 2.24) is 10.3 Å². The van der Waals surface area contributed by atoms with Crippen molar-refractivity contribution in [3.63, 3.8) is 0 Å². The Morgan fingerprint density at radius 2 is 2.50 bits per heavy atom. The summed E-state index contributed by atoms with van der Waals surface area (Å²) in [6.07, 6.45) is 1.83. The number of nitrogens with one attached hydrogen (secondary N) is 1. The van der Waals surface area contributed by atoms with Gasteiger partial charge in [0.2, 0.25) is 0 Å². The van der Waals surface area contributed by atoms with E-state index in [9.17, 15) is 0 Å². The second kappa shape index (κ2) is 4.46. The molecule has 0 bridgehead atoms. The van der Waals surface area contributed by atoms with E-state index in [0.717, 1.165) is 29.7 Å². The first-order valence-corrected chi connectivity index (χ1v) is 5.66. The van der Waals surface area contributed by atoms with Gasteiger partial charge in [0.15, 0.2) is 5.17 Å². The molecule has 2 heterocycles. The molecule has 0 fully saturated rings. The number of amidine groups is 1. The van der Waals surface area contributed by atoms with Gasteiger partial charge in [0.25, 0.3) is 0 Å². The van der Waals surface area contributed by atoms with E-state index in [1.165, 1.54) is 5.56 Å². The Hall–Kier alpha value is -1.03. The van der Waals surface area contributed by atoms with Crippen LogP contribution in [0.5, 0.6) is 0 Å². The molecule has 4 heteroatoms. The van der Waals surface area contributed by atoms with Gasteiger partial charge in [-0.15, -0.1) is 0 Å². The highest BCUT2D eigenvalue weighted by Crippen LogP contribution is 2.15. The number of hydrogen-bond acceptors (Lipinski definition) is 4. The van der Waals surface area contributed by atoms with Gasteiger partial charge in [-0.2, -0.15) is 0 Å². The molecule has 0 radical (unpaired) electrons. The van der Waals surface area contributed by atoms with Gasteiger partial charge in [0.05, 0.1) is 6.54 Å². The van der Waals surface area contributed by atoms with Crippen LogP contribution < -0.4 is 5.32 Å². The Balaban J connectivity index is 1.94. The zero-order chi connectivity index (χ0) is 9.80. The second-order valence-corrected chi connectivity index (χ2v) is 4.11. The maximum atomic E-state index is 4.33. The molecule has 1 N–H and O–H groups in total. The Kier molecular flexibility index (Phi) is 3.03. The van der Waals surface area contributed by atoms with E-state index in [-0.39, 0.29) is 0 Å². The largest absolute Gasteiger partial charge is 0.363 e. The summed E-state index contributed by atoms with van der Waals surface area (Å²) in [7, 11) is 0. The third-order valence-corrected chi connectivity index (χ3v) is 3.13. The maximum Gasteiger partial charge on any atom is 0.157 e. The molecule has 1 aliphatic heterocycles. The van der Waals surface area contributed by atoms with Gasteiger partial charge in [0, 0.05) is 24.2 Å². The van der Waals surface area contributed by atoms with Crippen molar-refractivity contribution in [2.75, 3.05) is 13.1 Å². The summed E-state index contributed by atoms with van der Waals surface area (Å²) in [6.45, 7) is 3.93. The van der Waals surface area contributed by atoms with Crippen LogP contribution in [0.4, 0.5) is 0 Å². The Morgan fingerprint density at radius 1 is 1.57 bits per heavy atom. The number of nitrogens with zero attached hydrogens (tertiary/aromatic N) is 2. The highest BCUT2D eigenvalue weighted by Gasteiger charge is 2.06. The second-order valence-electron chi connectivity index (χ2n) is 3.15. The first kappa shape index (κ1) is 9.52. The Labute approximate surface area is 88.0 Å². The summed E-state index contributed by atoms with van der Waals surface area (Å²) in [4.78, 5) is 8.58. The van der Waals surface area contributed by atoms with Gasteiger partial charge in [0.1, 0.15) is 0 Å². The molecule has 0 amide bonds. The Morgan fingerprint density at radius 3 is 3.21 bits per heavy atom. The minimum Gasteiger partial charge on any atom is -0.363 e. The summed E-state index contributed by atoms with van der Waals surface area (Å²) in [6, 6.07) is 4.09. The van der Waals surface area contributed by atoms with E-state index in [1.807, 2.05) is 19.2 Å². The standard InChI is InChI=1S/C10H13N3S/c1-8-9(3-2-4-11-8)7-14-10-12-5-6-13-10/h2-4H,5-7H2,1H3,(H,12,13). The molecule has 3 nitrogen and oxygen atoms in total. The van der Waals surface area contributed by atoms with Gasteiger partial charge in [-0.1, -0.05) is 17.8 Å². The molecule has 2 rings (SSSR count). The topological polar surface area (TPSA) is 37.3 Å². The minimum absolute atomic E-state index is 0.911. The Bertz CT molecular complexity index is 349. The van der Waals surface area contributed by atoms with E-state index in [0.29, 0.717) is 0 Å². The lowest BCUT2D eigenvalue weighted by Crippen LogP contribution is -2.15. The van der Waals surface area contributed by atoms with E-state index < -0.39 is 0 Å². The van der Waals surface area contributed by atoms with Crippen LogP contribution in [0.25, 0.3) is 0 Å². The minimum atomic E-state index is 0.911. The predicted octanol–water partition coefficient (Wildman–Crippen LogP) is 1.58. The molecule has 0 aromatic carbocycles. The third-order valence-electron chi connectivity index (χ3n) is 2.12. The van der Waals surface area contributed by atoms with Crippen molar-refractivity contribution in [2.24, 2.45) is 4.99 Å². The van der Waals surface area contributed by atoms with E-state index >= 15 is 0 Å². The maximum absolute atomic E-state index is 4.33. The monoisotopic (exact) mass is 207 g/mol. The summed E-state index contributed by atoms with van der Waals surface area (Å²) >= 11 is 1.75. The van der Waals surface area contributed by atoms with Gasteiger partial charge in [-0.3, -0.25) is 9.98 Å². The van der Waals surface area contributed by atoms with Crippen LogP contribution in [0.2, 0.25) is 0 Å². The van der Waals surface area contributed by atoms with Crippen molar-refractivity contribution in [3.8, 4) is 0 Å². The number of aryl methyl sites for hydroxylation is 1. The zero-order valence-electron chi connectivity index (χ0n) is 8.16. The third kappa shape index (κ3) is 2.26. The summed E-state index contributed by atoms with van der Waals surface area (Å²) in [5, 5.41) is 4.30. The summed E-state index contributed by atoms with van der Waals surface area (Å²) in [5.41, 5.74) is 2.40. The van der Waals surface area contributed by atoms with Gasteiger partial charge >= 0.3 is 0 Å². The smallest absolute Gasteiger partial charge is 0.157 e. The van der Waals surface area contributed by atoms with Crippen LogP contribution >= 0.6 is 11.8 Å². The normalized spacial score (nSPS) is 15.1. The molecule has 0 saturated carbocycles. The van der Waals surface area contributed by atoms with Crippen LogP contribution in [-0.2, 0) is 5.75 Å². The fraction of sp³-hybridized carbons (Fsp3) is 0.400. The molecule has 1 aliphatic rings. The number of aliphatic imine (C=N–C) groups is 1. The quantitative estimate of drug-likeness (QED) is 0.800. The van der Waals surface area contributed by atoms with E-state index in [4.69, 9.17) is 0 Å². The van der Waals surface area contributed by atoms with Crippen LogP contribution in [0.1, 0.15) is 11.3 Å². The van der Waals surface area contributed by atoms with E-state index in [1.54, 1.807) is 11.8 Å². The van der Waals surface area contributed by atoms with Crippen LogP contribution in [0.15, 0.2) is 23.3 Å². The molecular weight excluding hydrogens is 194 g/mol. The molecule has 14 heavy (non-hydrogen) atoms. The van der Waals surface area contributed by atoms with Gasteiger partial charge in [-0.25, -0.2) is 0 Å². The number of aromatic nitrogens is 1. The average molecular weight is 207 g/mol. The van der Waals surface area contributed by atoms with Crippen LogP contribution in [0.3, 0.4) is 0 Å². The first-order chi connectivity index (χ1) is 6.86. The van der Waals surface area contributed by atoms with Gasteiger partial charge < -0.3 is 5.32 Å². The van der Waals surface area contributed by atoms with Crippen molar-refractivity contribution in [2.45, 2.75) is 12.7 Å². The number of thioether (sulfide) groups is 1. The fourth-order valence-corrected chi connectivity index (χ4v) is 2.27. The summed E-state index contributed by atoms with van der Waals surface area (Å²) in [5.74, 6) is 0.950. The molecule has 0 unspecified atom stereocenters. The SMILES string of the molecule is Cc1ncccc1CSC1=NCCN1. The predicted molar refractivity (Wildman–Crippen MR) is 60.6 cm³/mol. The van der Waals surface area contributed by atoms with E-state index in [2.05, 4.69) is 21.4 Å². The molecule has 0 saturated heterocycles. The number of hydrogen-bond donors (Lipinski definition) is 1. The molecule has 1 aromatic rings. The molecule has 0 spiro atoms. The van der Waals surface area contributed by atoms with Crippen molar-refractivity contribution < 1.29 is 0 Å². The highest BCUT2D eigenvalue weighted by molar-refractivity contribution is 8.13. The van der Waals surface area contributed by atoms with Crippen LogP contribution in [0, 0.1) is 6.92 Å². The van der Waals surface area contributed by atoms with Crippen molar-refractivity contribution >= 4 is 16.9 Å². The van der Waals surface area contributed by atoms with Crippen molar-refractivity contribution in [1.29, 1.82) is 0 Å². The lowest BCUT2D eigenvalue weighted by molar-refractivity contribution is 0.963. The first-order valence-electron chi connectivity index (χ1n) is 4.68. The average Bonchev–Trinajstić information content (AvgIpc) is 2.69. The van der Waals surface area contributed by atoms with Crippen LogP contribution in [-0.4, -0.2) is 23.2 Å². The zero-order valence-corrected chi connectivity index (χ0v) is 8.97. The van der Waals surface area contributed by atoms with Gasteiger partial charge in [-0.05, 0) is 18.6 Å². The molecule has 0 aliphatic carbocycles. The van der Waals surface area contributed by atoms with Crippen molar-refractivity contribution in [3.05, 3.63) is 29.6 Å². The number of pyridine rings is 1. The summed E-state index contributed by atoms with van der Waals surface area (Å²) < 4.78 is 0. The molecule has 1 aromatic heterocycles. The lowest BCUT2D eigenvalue weighted by atomic mass is 10.2. The lowest BCUT2D eigenvalue weighted by Gasteiger charge is -2.04. The highest BCUT2D eigenvalue weighted by atomic mass is 32.2. The molecule has 74 valence electrons. The fourth-order valence-electron chi connectivity index (χ4n) is 1.29. The molecular formula is C10H13N3S. The number of rotatable bonds is 2. The molecule has 0 atom stereocenters.